The van der Waals surface area contributed by atoms with Crippen LogP contribution in [0.2, 0.25) is 0 Å². The van der Waals surface area contributed by atoms with Gasteiger partial charge < -0.3 is 14.2 Å². The van der Waals surface area contributed by atoms with E-state index in [1.807, 2.05) is 0 Å². The summed E-state index contributed by atoms with van der Waals surface area (Å²) in [7, 11) is 0. The molecule has 0 bridgehead atoms. The fraction of sp³-hybridized carbons (Fsp3) is 0.702. The lowest BCUT2D eigenvalue weighted by Gasteiger charge is -2.18. The summed E-state index contributed by atoms with van der Waals surface area (Å²) in [6, 6.07) is 0. The number of allylic oxidation sites excluding steroid dienone is 14. The first kappa shape index (κ1) is 59.6. The summed E-state index contributed by atoms with van der Waals surface area (Å²) in [5, 5.41) is 0. The highest BCUT2D eigenvalue weighted by Gasteiger charge is 2.19. The number of rotatable bonds is 46. The fourth-order valence-corrected chi connectivity index (χ4v) is 7.04. The normalized spacial score (nSPS) is 12.7. The van der Waals surface area contributed by atoms with Gasteiger partial charge in [-0.2, -0.15) is 0 Å². The van der Waals surface area contributed by atoms with Crippen molar-refractivity contribution in [2.24, 2.45) is 0 Å². The third-order valence-corrected chi connectivity index (χ3v) is 10.9. The largest absolute Gasteiger partial charge is 0.462 e. The van der Waals surface area contributed by atoms with Gasteiger partial charge in [0.05, 0.1) is 0 Å². The molecule has 0 heterocycles. The van der Waals surface area contributed by atoms with Gasteiger partial charge in [0.25, 0.3) is 0 Å². The Bertz CT molecular complexity index is 1240. The molecule has 0 aliphatic carbocycles. The van der Waals surface area contributed by atoms with Crippen LogP contribution in [0.4, 0.5) is 0 Å². The highest BCUT2D eigenvalue weighted by molar-refractivity contribution is 5.71. The van der Waals surface area contributed by atoms with Crippen LogP contribution in [0.25, 0.3) is 0 Å². The van der Waals surface area contributed by atoms with E-state index < -0.39 is 6.10 Å². The Morgan fingerprint density at radius 1 is 0.333 bits per heavy atom. The average molecular weight is 877 g/mol. The van der Waals surface area contributed by atoms with Gasteiger partial charge in [-0.3, -0.25) is 14.4 Å². The van der Waals surface area contributed by atoms with E-state index in [0.717, 1.165) is 128 Å². The number of hydrogen-bond acceptors (Lipinski definition) is 6. The summed E-state index contributed by atoms with van der Waals surface area (Å²) in [5.41, 5.74) is 0. The van der Waals surface area contributed by atoms with Crippen LogP contribution in [0.3, 0.4) is 0 Å². The van der Waals surface area contributed by atoms with E-state index in [0.29, 0.717) is 19.3 Å². The third-order valence-electron chi connectivity index (χ3n) is 10.9. The Morgan fingerprint density at radius 2 is 0.619 bits per heavy atom. The van der Waals surface area contributed by atoms with Gasteiger partial charge in [-0.25, -0.2) is 0 Å². The van der Waals surface area contributed by atoms with Gasteiger partial charge in [0.15, 0.2) is 6.10 Å². The predicted octanol–water partition coefficient (Wildman–Crippen LogP) is 17.2. The lowest BCUT2D eigenvalue weighted by molar-refractivity contribution is -0.167. The van der Waals surface area contributed by atoms with Crippen LogP contribution in [-0.2, 0) is 28.6 Å². The molecule has 0 saturated heterocycles. The molecule has 0 aliphatic rings. The molecule has 0 aromatic carbocycles. The average Bonchev–Trinajstić information content (AvgIpc) is 3.28. The van der Waals surface area contributed by atoms with Crippen LogP contribution in [0.5, 0.6) is 0 Å². The maximum absolute atomic E-state index is 12.7. The highest BCUT2D eigenvalue weighted by atomic mass is 16.6. The molecule has 0 amide bonds. The minimum atomic E-state index is -0.781. The summed E-state index contributed by atoms with van der Waals surface area (Å²) in [6.07, 6.45) is 66.1. The van der Waals surface area contributed by atoms with Crippen molar-refractivity contribution in [3.8, 4) is 0 Å². The monoisotopic (exact) mass is 877 g/mol. The second kappa shape index (κ2) is 51.2. The molecule has 0 aromatic rings. The van der Waals surface area contributed by atoms with E-state index in [9.17, 15) is 14.4 Å². The lowest BCUT2D eigenvalue weighted by atomic mass is 10.0. The first-order valence-corrected chi connectivity index (χ1v) is 26.1. The van der Waals surface area contributed by atoms with E-state index in [2.05, 4.69) is 106 Å². The van der Waals surface area contributed by atoms with Crippen molar-refractivity contribution < 1.29 is 28.6 Å². The SMILES string of the molecule is CC/C=C\C/C=C\C/C=C\C/C=C\CCCCCCCCCCCCCCC(=O)OCC(COC(=O)CCCCCCC)OC(=O)CCCCCCC/C=C\C/C=C\C/C=C\CC. The zero-order valence-corrected chi connectivity index (χ0v) is 41.1. The van der Waals surface area contributed by atoms with E-state index in [1.165, 1.54) is 70.6 Å². The number of ether oxygens (including phenoxy) is 3. The number of unbranched alkanes of at least 4 members (excludes halogenated alkanes) is 21. The minimum Gasteiger partial charge on any atom is -0.462 e. The van der Waals surface area contributed by atoms with Crippen molar-refractivity contribution in [1.82, 2.24) is 0 Å². The maximum Gasteiger partial charge on any atom is 0.306 e. The van der Waals surface area contributed by atoms with E-state index in [1.54, 1.807) is 0 Å². The van der Waals surface area contributed by atoms with Crippen molar-refractivity contribution >= 4 is 17.9 Å². The number of carbonyl (C=O) groups is 3. The molecule has 0 spiro atoms. The maximum atomic E-state index is 12.7. The van der Waals surface area contributed by atoms with Crippen LogP contribution in [0.15, 0.2) is 85.1 Å². The zero-order valence-electron chi connectivity index (χ0n) is 41.1. The van der Waals surface area contributed by atoms with Crippen molar-refractivity contribution in [3.63, 3.8) is 0 Å². The summed E-state index contributed by atoms with van der Waals surface area (Å²) in [5.74, 6) is -0.918. The highest BCUT2D eigenvalue weighted by Crippen LogP contribution is 2.15. The molecule has 6 nitrogen and oxygen atoms in total. The van der Waals surface area contributed by atoms with Crippen molar-refractivity contribution in [2.45, 2.75) is 245 Å². The summed E-state index contributed by atoms with van der Waals surface area (Å²) >= 11 is 0. The number of carbonyl (C=O) groups excluding carboxylic acids is 3. The van der Waals surface area contributed by atoms with Crippen molar-refractivity contribution in [2.75, 3.05) is 13.2 Å². The van der Waals surface area contributed by atoms with E-state index in [4.69, 9.17) is 14.2 Å². The van der Waals surface area contributed by atoms with E-state index >= 15 is 0 Å². The number of hydrogen-bond donors (Lipinski definition) is 0. The van der Waals surface area contributed by atoms with Gasteiger partial charge in [0.2, 0.25) is 0 Å². The van der Waals surface area contributed by atoms with Gasteiger partial charge >= 0.3 is 17.9 Å². The van der Waals surface area contributed by atoms with Crippen molar-refractivity contribution in [1.29, 1.82) is 0 Å². The molecule has 0 rings (SSSR count). The molecule has 0 aromatic heterocycles. The smallest absolute Gasteiger partial charge is 0.306 e. The third kappa shape index (κ3) is 49.5. The van der Waals surface area contributed by atoms with Gasteiger partial charge in [-0.15, -0.1) is 0 Å². The van der Waals surface area contributed by atoms with Crippen LogP contribution in [0, 0.1) is 0 Å². The zero-order chi connectivity index (χ0) is 45.8. The Kier molecular flexibility index (Phi) is 48.5. The molecule has 360 valence electrons. The van der Waals surface area contributed by atoms with Gasteiger partial charge in [0, 0.05) is 19.3 Å². The first-order valence-electron chi connectivity index (χ1n) is 26.1. The Balaban J connectivity index is 4.11. The van der Waals surface area contributed by atoms with Crippen LogP contribution < -0.4 is 0 Å². The lowest BCUT2D eigenvalue weighted by Crippen LogP contribution is -2.30. The molecular formula is C57H96O6. The van der Waals surface area contributed by atoms with Gasteiger partial charge in [-0.05, 0) is 89.9 Å². The van der Waals surface area contributed by atoms with Gasteiger partial charge in [0.1, 0.15) is 13.2 Å². The molecule has 0 fully saturated rings. The Morgan fingerprint density at radius 3 is 0.968 bits per heavy atom. The minimum absolute atomic E-state index is 0.0845. The molecule has 0 N–H and O–H groups in total. The molecule has 0 aliphatic heterocycles. The van der Waals surface area contributed by atoms with E-state index in [-0.39, 0.29) is 31.1 Å². The molecule has 1 unspecified atom stereocenters. The molecule has 63 heavy (non-hydrogen) atoms. The Hall–Kier alpha value is -3.41. The standard InChI is InChI=1S/C57H96O6/c1-4-7-10-13-15-17-19-21-23-24-25-26-27-28-29-30-31-32-34-35-37-39-41-44-47-50-56(59)62-53-54(52-61-55(58)49-46-43-12-9-6-3)63-57(60)51-48-45-42-40-38-36-33-22-20-18-16-14-11-8-5-2/h7-8,10-11,15-18,21-23,25-26,33,54H,4-6,9,12-14,19-20,24,27-32,34-53H2,1-3H3/b10-7-,11-8-,17-15-,18-16-,23-21-,26-25-,33-22-. The second-order valence-corrected chi connectivity index (χ2v) is 17.0. The Labute approximate surface area is 388 Å². The molecule has 6 heteroatoms. The first-order chi connectivity index (χ1) is 31.0. The molecule has 1 atom stereocenters. The molecule has 0 saturated carbocycles. The topological polar surface area (TPSA) is 78.9 Å². The van der Waals surface area contributed by atoms with Crippen LogP contribution >= 0.6 is 0 Å². The summed E-state index contributed by atoms with van der Waals surface area (Å²) < 4.78 is 16.7. The molecule has 0 radical (unpaired) electrons. The second-order valence-electron chi connectivity index (χ2n) is 17.0. The summed E-state index contributed by atoms with van der Waals surface area (Å²) in [6.45, 7) is 6.31. The fourth-order valence-electron chi connectivity index (χ4n) is 7.04. The van der Waals surface area contributed by atoms with Crippen LogP contribution in [-0.4, -0.2) is 37.2 Å². The van der Waals surface area contributed by atoms with Crippen molar-refractivity contribution in [3.05, 3.63) is 85.1 Å². The molecular weight excluding hydrogens is 781 g/mol. The predicted molar refractivity (Wildman–Crippen MR) is 270 cm³/mol. The quantitative estimate of drug-likeness (QED) is 0.0262. The number of esters is 3. The van der Waals surface area contributed by atoms with Gasteiger partial charge in [-0.1, -0.05) is 215 Å². The summed E-state index contributed by atoms with van der Waals surface area (Å²) in [4.78, 5) is 37.7. The van der Waals surface area contributed by atoms with Crippen LogP contribution in [0.1, 0.15) is 239 Å².